The molecule has 1 saturated heterocycles. The van der Waals surface area contributed by atoms with Crippen LogP contribution in [-0.2, 0) is 0 Å². The van der Waals surface area contributed by atoms with E-state index >= 15 is 0 Å². The molecule has 0 aromatic rings. The number of hydrogen-bond donors (Lipinski definition) is 1. The van der Waals surface area contributed by atoms with Gasteiger partial charge in [0.2, 0.25) is 0 Å². The van der Waals surface area contributed by atoms with Crippen molar-refractivity contribution < 1.29 is 4.90 Å². The minimum atomic E-state index is 0.695. The zero-order chi connectivity index (χ0) is 14.4. The lowest BCUT2D eigenvalue weighted by atomic mass is 9.98. The molecule has 3 atom stereocenters. The summed E-state index contributed by atoms with van der Waals surface area (Å²) in [4.78, 5) is 1.78. The highest BCUT2D eigenvalue weighted by atomic mass is 15.2. The monoisotopic (exact) mass is 274 g/mol. The second-order valence-electron chi connectivity index (χ2n) is 6.71. The molecule has 0 amide bonds. The number of fused-ring (bicyclic) bond motifs is 1. The van der Waals surface area contributed by atoms with Gasteiger partial charge in [-0.2, -0.15) is 0 Å². The predicted octanol–water partition coefficient (Wildman–Crippen LogP) is 4.04. The van der Waals surface area contributed by atoms with Crippen LogP contribution in [0.2, 0.25) is 0 Å². The zero-order valence-electron chi connectivity index (χ0n) is 13.5. The van der Waals surface area contributed by atoms with Crippen LogP contribution < -0.4 is 4.90 Å². The molecule has 1 N–H and O–H groups in total. The van der Waals surface area contributed by atoms with Gasteiger partial charge in [-0.1, -0.05) is 38.3 Å². The summed E-state index contributed by atoms with van der Waals surface area (Å²) < 4.78 is 0. The van der Waals surface area contributed by atoms with Gasteiger partial charge in [-0.3, -0.25) is 0 Å². The summed E-state index contributed by atoms with van der Waals surface area (Å²) in [6.07, 6.45) is 17.9. The quantitative estimate of drug-likeness (QED) is 0.503. The van der Waals surface area contributed by atoms with E-state index in [0.717, 1.165) is 6.04 Å². The van der Waals surface area contributed by atoms with Crippen molar-refractivity contribution in [2.75, 3.05) is 6.54 Å². The lowest BCUT2D eigenvalue weighted by Gasteiger charge is -2.27. The van der Waals surface area contributed by atoms with Crippen LogP contribution in [0.5, 0.6) is 0 Å². The van der Waals surface area contributed by atoms with Crippen molar-refractivity contribution in [2.45, 2.75) is 71.3 Å². The number of rotatable bonds is 8. The predicted molar refractivity (Wildman–Crippen MR) is 87.8 cm³/mol. The molecule has 0 aliphatic carbocycles. The summed E-state index contributed by atoms with van der Waals surface area (Å²) >= 11 is 0. The van der Waals surface area contributed by atoms with Crippen molar-refractivity contribution >= 4 is 0 Å². The number of hydrogen-bond acceptors (Lipinski definition) is 0. The second-order valence-corrected chi connectivity index (χ2v) is 6.71. The fourth-order valence-electron chi connectivity index (χ4n) is 3.68. The summed E-state index contributed by atoms with van der Waals surface area (Å²) in [5.74, 6) is 0.695. The molecular formula is C19H32N+. The first kappa shape index (κ1) is 15.6. The largest absolute Gasteiger partial charge is 0.300 e. The van der Waals surface area contributed by atoms with E-state index in [4.69, 9.17) is 0 Å². The van der Waals surface area contributed by atoms with Gasteiger partial charge >= 0.3 is 0 Å². The molecule has 0 aromatic carbocycles. The van der Waals surface area contributed by atoms with Gasteiger partial charge in [0.05, 0.1) is 6.54 Å². The van der Waals surface area contributed by atoms with Crippen LogP contribution in [-0.4, -0.2) is 12.6 Å². The third-order valence-electron chi connectivity index (χ3n) is 5.09. The fourth-order valence-corrected chi connectivity index (χ4v) is 3.68. The van der Waals surface area contributed by atoms with Crippen molar-refractivity contribution in [3.05, 3.63) is 36.1 Å². The summed E-state index contributed by atoms with van der Waals surface area (Å²) in [5, 5.41) is 0. The Bertz CT molecular complexity index is 377. The Labute approximate surface area is 125 Å². The maximum absolute atomic E-state index is 3.86. The zero-order valence-corrected chi connectivity index (χ0v) is 13.5. The summed E-state index contributed by atoms with van der Waals surface area (Å²) in [6.45, 7) is 9.78. The van der Waals surface area contributed by atoms with Crippen molar-refractivity contribution in [3.8, 4) is 0 Å². The number of allylic oxidation sites excluding steroid dienone is 4. The van der Waals surface area contributed by atoms with Gasteiger partial charge in [0.25, 0.3) is 0 Å². The second kappa shape index (κ2) is 7.83. The third kappa shape index (κ3) is 4.09. The lowest BCUT2D eigenvalue weighted by molar-refractivity contribution is -0.872. The Hall–Kier alpha value is -0.820. The molecular weight excluding hydrogens is 242 g/mol. The van der Waals surface area contributed by atoms with Gasteiger partial charge in [0.1, 0.15) is 11.7 Å². The summed E-state index contributed by atoms with van der Waals surface area (Å²) in [7, 11) is 0. The van der Waals surface area contributed by atoms with E-state index < -0.39 is 0 Å². The van der Waals surface area contributed by atoms with Gasteiger partial charge < -0.3 is 4.90 Å². The summed E-state index contributed by atoms with van der Waals surface area (Å²) in [6, 6.07) is 0.767. The average Bonchev–Trinajstić information content (AvgIpc) is 2.95. The molecule has 2 aliphatic rings. The van der Waals surface area contributed by atoms with Gasteiger partial charge in [-0.05, 0) is 31.8 Å². The highest BCUT2D eigenvalue weighted by molar-refractivity contribution is 5.24. The smallest absolute Gasteiger partial charge is 0.111 e. The Morgan fingerprint density at radius 3 is 2.95 bits per heavy atom. The normalized spacial score (nSPS) is 26.7. The molecule has 1 nitrogen and oxygen atoms in total. The van der Waals surface area contributed by atoms with Crippen LogP contribution in [0.4, 0.5) is 0 Å². The number of nitrogens with one attached hydrogen (secondary N) is 1. The van der Waals surface area contributed by atoms with E-state index in [-0.39, 0.29) is 0 Å². The van der Waals surface area contributed by atoms with E-state index in [0.29, 0.717) is 5.92 Å². The molecule has 0 aromatic heterocycles. The lowest BCUT2D eigenvalue weighted by Crippen LogP contribution is -3.12. The molecule has 2 aliphatic heterocycles. The van der Waals surface area contributed by atoms with Crippen LogP contribution >= 0.6 is 0 Å². The van der Waals surface area contributed by atoms with E-state index in [1.165, 1.54) is 63.5 Å². The first-order valence-corrected chi connectivity index (χ1v) is 8.59. The molecule has 112 valence electrons. The van der Waals surface area contributed by atoms with Crippen molar-refractivity contribution in [3.63, 3.8) is 0 Å². The Balaban J connectivity index is 1.63. The molecule has 1 heteroatoms. The average molecular weight is 274 g/mol. The Morgan fingerprint density at radius 2 is 2.15 bits per heavy atom. The molecule has 20 heavy (non-hydrogen) atoms. The standard InChI is InChI=1S/C19H31N/c1-4-16(2)10-7-5-6-8-11-18-14-13-17(3)19-12-9-15-20(18)19/h4,13-14,16,18H,1,5-12,15H2,2-3H3/p+1. The molecule has 1 fully saturated rings. The van der Waals surface area contributed by atoms with Crippen LogP contribution in [0.25, 0.3) is 0 Å². The highest BCUT2D eigenvalue weighted by Crippen LogP contribution is 2.18. The number of quaternary nitrogens is 1. The first-order chi connectivity index (χ1) is 9.72. The Kier molecular flexibility index (Phi) is 6.09. The van der Waals surface area contributed by atoms with Crippen LogP contribution in [0, 0.1) is 5.92 Å². The maximum Gasteiger partial charge on any atom is 0.111 e. The van der Waals surface area contributed by atoms with E-state index in [1.807, 2.05) is 0 Å². The fraction of sp³-hybridized carbons (Fsp3) is 0.684. The minimum Gasteiger partial charge on any atom is -0.300 e. The van der Waals surface area contributed by atoms with Crippen molar-refractivity contribution in [2.24, 2.45) is 5.92 Å². The minimum absolute atomic E-state index is 0.695. The topological polar surface area (TPSA) is 4.44 Å². The molecule has 2 rings (SSSR count). The van der Waals surface area contributed by atoms with E-state index in [9.17, 15) is 0 Å². The first-order valence-electron chi connectivity index (χ1n) is 8.59. The van der Waals surface area contributed by atoms with Crippen molar-refractivity contribution in [1.82, 2.24) is 0 Å². The summed E-state index contributed by atoms with van der Waals surface area (Å²) in [5.41, 5.74) is 3.24. The molecule has 3 unspecified atom stereocenters. The van der Waals surface area contributed by atoms with E-state index in [1.54, 1.807) is 10.6 Å². The van der Waals surface area contributed by atoms with Gasteiger partial charge in [-0.15, -0.1) is 6.58 Å². The van der Waals surface area contributed by atoms with Crippen LogP contribution in [0.15, 0.2) is 36.1 Å². The van der Waals surface area contributed by atoms with Gasteiger partial charge in [0.15, 0.2) is 0 Å². The van der Waals surface area contributed by atoms with Crippen molar-refractivity contribution in [1.29, 1.82) is 0 Å². The molecule has 0 spiro atoms. The van der Waals surface area contributed by atoms with Gasteiger partial charge in [-0.25, -0.2) is 0 Å². The molecule has 2 heterocycles. The molecule has 0 saturated carbocycles. The SMILES string of the molecule is C=CC(C)CCCCCCC1C=CC(C)=C2CCC[NH+]21. The van der Waals surface area contributed by atoms with Crippen LogP contribution in [0.3, 0.4) is 0 Å². The molecule has 0 radical (unpaired) electrons. The van der Waals surface area contributed by atoms with Gasteiger partial charge in [0, 0.05) is 24.8 Å². The molecule has 0 bridgehead atoms. The highest BCUT2D eigenvalue weighted by Gasteiger charge is 2.32. The van der Waals surface area contributed by atoms with E-state index in [2.05, 4.69) is 38.7 Å². The number of unbranched alkanes of at least 4 members (excludes halogenated alkanes) is 3. The third-order valence-corrected chi connectivity index (χ3v) is 5.09. The Morgan fingerprint density at radius 1 is 1.35 bits per heavy atom. The maximum atomic E-state index is 3.86. The van der Waals surface area contributed by atoms with Crippen LogP contribution in [0.1, 0.15) is 65.2 Å².